The second-order valence-corrected chi connectivity index (χ2v) is 9.24. The number of nitrogens with one attached hydrogen (secondary N) is 1. The summed E-state index contributed by atoms with van der Waals surface area (Å²) in [7, 11) is 0. The van der Waals surface area contributed by atoms with E-state index in [0.29, 0.717) is 0 Å². The van der Waals surface area contributed by atoms with Gasteiger partial charge in [0, 0.05) is 25.1 Å². The first-order valence-electron chi connectivity index (χ1n) is 12.4. The van der Waals surface area contributed by atoms with E-state index < -0.39 is 0 Å². The van der Waals surface area contributed by atoms with Crippen LogP contribution in [-0.2, 0) is 4.74 Å². The van der Waals surface area contributed by atoms with Crippen LogP contribution in [0.15, 0.2) is 65.9 Å². The van der Waals surface area contributed by atoms with Gasteiger partial charge in [-0.3, -0.25) is 9.98 Å². The fraction of sp³-hybridized carbons (Fsp3) is 0.276. The monoisotopic (exact) mass is 463 g/mol. The molecule has 0 radical (unpaired) electrons. The summed E-state index contributed by atoms with van der Waals surface area (Å²) in [4.78, 5) is 14.6. The molecule has 6 heteroatoms. The molecule has 0 unspecified atom stereocenters. The van der Waals surface area contributed by atoms with Gasteiger partial charge in [-0.05, 0) is 69.0 Å². The number of hydrogen-bond acceptors (Lipinski definition) is 5. The van der Waals surface area contributed by atoms with Crippen LogP contribution in [0.25, 0.3) is 29.2 Å². The topological polar surface area (TPSA) is 64.3 Å². The lowest BCUT2D eigenvalue weighted by Crippen LogP contribution is -2.40. The van der Waals surface area contributed by atoms with Gasteiger partial charge in [0.2, 0.25) is 0 Å². The molecule has 0 saturated carbocycles. The SMILES string of the molecule is Cc1ccc(-n2c3cc(=NC4CCOCC4)c(Nc4cccnc4)cc-3nc3c2=CCCC=3)cc1. The third-order valence-electron chi connectivity index (χ3n) is 6.67. The maximum Gasteiger partial charge on any atom is 0.0900 e. The molecule has 35 heavy (non-hydrogen) atoms. The number of aryl methyl sites for hydroxylation is 1. The van der Waals surface area contributed by atoms with Crippen molar-refractivity contribution in [3.8, 4) is 17.1 Å². The first-order valence-corrected chi connectivity index (χ1v) is 12.4. The quantitative estimate of drug-likeness (QED) is 0.499. The Hall–Kier alpha value is -3.77. The average molecular weight is 464 g/mol. The van der Waals surface area contributed by atoms with E-state index in [9.17, 15) is 0 Å². The number of fused-ring (bicyclic) bond motifs is 2. The number of nitrogens with zero attached hydrogens (tertiary/aromatic N) is 4. The van der Waals surface area contributed by atoms with E-state index in [4.69, 9.17) is 14.7 Å². The number of anilines is 2. The Morgan fingerprint density at radius 2 is 1.86 bits per heavy atom. The smallest absolute Gasteiger partial charge is 0.0900 e. The van der Waals surface area contributed by atoms with Crippen LogP contribution < -0.4 is 21.4 Å². The molecule has 2 aliphatic carbocycles. The number of hydrogen-bond donors (Lipinski definition) is 1. The molecule has 1 aromatic carbocycles. The largest absolute Gasteiger partial charge is 0.381 e. The predicted molar refractivity (Wildman–Crippen MR) is 139 cm³/mol. The Balaban J connectivity index is 1.62. The average Bonchev–Trinajstić information content (AvgIpc) is 2.90. The standard InChI is InChI=1S/C29H29N5O/c1-20-8-10-23(11-9-20)34-28-7-3-2-6-24(28)33-27-17-25(32-22-5-4-14-30-19-22)26(18-29(27)34)31-21-12-15-35-16-13-21/h4-11,14,17-19,21,32H,2-3,12-13,15-16H2,1H3. The maximum atomic E-state index is 5.58. The Labute approximate surface area is 204 Å². The van der Waals surface area contributed by atoms with Gasteiger partial charge >= 0.3 is 0 Å². The molecule has 4 aliphatic rings. The van der Waals surface area contributed by atoms with Crippen molar-refractivity contribution in [2.24, 2.45) is 4.99 Å². The van der Waals surface area contributed by atoms with Crippen LogP contribution in [-0.4, -0.2) is 33.8 Å². The number of ether oxygens (including phenoxy) is 1. The molecule has 6 rings (SSSR count). The van der Waals surface area contributed by atoms with Gasteiger partial charge in [-0.15, -0.1) is 0 Å². The molecule has 0 atom stereocenters. The zero-order chi connectivity index (χ0) is 23.6. The van der Waals surface area contributed by atoms with Crippen LogP contribution in [0.1, 0.15) is 31.2 Å². The van der Waals surface area contributed by atoms with E-state index in [2.05, 4.69) is 70.3 Å². The van der Waals surface area contributed by atoms with Crippen LogP contribution in [0.2, 0.25) is 0 Å². The van der Waals surface area contributed by atoms with E-state index >= 15 is 0 Å². The third kappa shape index (κ3) is 4.49. The zero-order valence-electron chi connectivity index (χ0n) is 19.9. The number of pyridine rings is 1. The lowest BCUT2D eigenvalue weighted by molar-refractivity contribution is 0.0864. The van der Waals surface area contributed by atoms with Gasteiger partial charge in [-0.25, -0.2) is 4.98 Å². The molecule has 2 aromatic rings. The van der Waals surface area contributed by atoms with Crippen LogP contribution in [0.4, 0.5) is 11.4 Å². The Morgan fingerprint density at radius 3 is 2.66 bits per heavy atom. The van der Waals surface area contributed by atoms with Gasteiger partial charge in [0.25, 0.3) is 0 Å². The summed E-state index contributed by atoms with van der Waals surface area (Å²) in [6.07, 6.45) is 12.1. The summed E-state index contributed by atoms with van der Waals surface area (Å²) < 4.78 is 7.91. The molecule has 176 valence electrons. The first-order chi connectivity index (χ1) is 17.2. The van der Waals surface area contributed by atoms with Crippen LogP contribution in [0.3, 0.4) is 0 Å². The Bertz CT molecular complexity index is 1500. The normalized spacial score (nSPS) is 16.4. The first kappa shape index (κ1) is 21.7. The number of aromatic nitrogens is 3. The molecule has 0 amide bonds. The van der Waals surface area contributed by atoms with Crippen LogP contribution in [0.5, 0.6) is 0 Å². The Kier molecular flexibility index (Phi) is 5.88. The van der Waals surface area contributed by atoms with Gasteiger partial charge in [-0.2, -0.15) is 0 Å². The molecular formula is C29H29N5O. The summed E-state index contributed by atoms with van der Waals surface area (Å²) in [5, 5.41) is 6.67. The van der Waals surface area contributed by atoms with E-state index in [-0.39, 0.29) is 6.04 Å². The zero-order valence-corrected chi connectivity index (χ0v) is 19.9. The minimum absolute atomic E-state index is 0.244. The molecular weight excluding hydrogens is 434 g/mol. The van der Waals surface area contributed by atoms with Crippen molar-refractivity contribution in [3.05, 3.63) is 82.5 Å². The highest BCUT2D eigenvalue weighted by Gasteiger charge is 2.18. The molecule has 1 saturated heterocycles. The molecule has 2 aliphatic heterocycles. The summed E-state index contributed by atoms with van der Waals surface area (Å²) >= 11 is 0. The fourth-order valence-corrected chi connectivity index (χ4v) is 4.83. The highest BCUT2D eigenvalue weighted by atomic mass is 16.5. The molecule has 6 nitrogen and oxygen atoms in total. The van der Waals surface area contributed by atoms with Crippen molar-refractivity contribution in [2.75, 3.05) is 18.5 Å². The summed E-state index contributed by atoms with van der Waals surface area (Å²) in [5.41, 5.74) is 6.25. The van der Waals surface area contributed by atoms with Crippen molar-refractivity contribution in [1.82, 2.24) is 14.5 Å². The van der Waals surface area contributed by atoms with Crippen LogP contribution in [0, 0.1) is 6.92 Å². The van der Waals surface area contributed by atoms with Gasteiger partial charge < -0.3 is 14.6 Å². The van der Waals surface area contributed by atoms with Crippen molar-refractivity contribution in [2.45, 2.75) is 38.6 Å². The number of rotatable bonds is 4. The second-order valence-electron chi connectivity index (χ2n) is 9.24. The van der Waals surface area contributed by atoms with Gasteiger partial charge in [0.05, 0.1) is 51.1 Å². The summed E-state index contributed by atoms with van der Waals surface area (Å²) in [6.45, 7) is 3.64. The highest BCUT2D eigenvalue weighted by molar-refractivity contribution is 5.70. The summed E-state index contributed by atoms with van der Waals surface area (Å²) in [6, 6.07) is 17.2. The van der Waals surface area contributed by atoms with Crippen molar-refractivity contribution >= 4 is 23.5 Å². The second kappa shape index (κ2) is 9.47. The third-order valence-corrected chi connectivity index (χ3v) is 6.67. The molecule has 1 aromatic heterocycles. The van der Waals surface area contributed by atoms with Crippen LogP contribution >= 0.6 is 0 Å². The van der Waals surface area contributed by atoms with E-state index in [1.165, 1.54) is 5.56 Å². The minimum Gasteiger partial charge on any atom is -0.381 e. The molecule has 1 fully saturated rings. The fourth-order valence-electron chi connectivity index (χ4n) is 4.83. The van der Waals surface area contributed by atoms with Crippen molar-refractivity contribution < 1.29 is 4.74 Å². The van der Waals surface area contributed by atoms with E-state index in [0.717, 1.165) is 83.4 Å². The van der Waals surface area contributed by atoms with E-state index in [1.807, 2.05) is 18.3 Å². The van der Waals surface area contributed by atoms with Crippen molar-refractivity contribution in [3.63, 3.8) is 0 Å². The molecule has 0 spiro atoms. The minimum atomic E-state index is 0.244. The lowest BCUT2D eigenvalue weighted by atomic mass is 10.1. The molecule has 1 N–H and O–H groups in total. The van der Waals surface area contributed by atoms with Gasteiger partial charge in [-0.1, -0.05) is 29.8 Å². The van der Waals surface area contributed by atoms with E-state index in [1.54, 1.807) is 6.20 Å². The number of benzene rings is 2. The predicted octanol–water partition coefficient (Wildman–Crippen LogP) is 3.86. The highest BCUT2D eigenvalue weighted by Crippen LogP contribution is 2.24. The molecule has 3 heterocycles. The Morgan fingerprint density at radius 1 is 1.03 bits per heavy atom. The molecule has 0 bridgehead atoms. The maximum absolute atomic E-state index is 5.58. The lowest BCUT2D eigenvalue weighted by Gasteiger charge is -2.21. The summed E-state index contributed by atoms with van der Waals surface area (Å²) in [5.74, 6) is 0. The van der Waals surface area contributed by atoms with Gasteiger partial charge in [0.1, 0.15) is 0 Å². The van der Waals surface area contributed by atoms with Crippen molar-refractivity contribution in [1.29, 1.82) is 0 Å². The van der Waals surface area contributed by atoms with Gasteiger partial charge in [0.15, 0.2) is 0 Å².